The number of pyridine rings is 1. The molecule has 16 heavy (non-hydrogen) atoms. The van der Waals surface area contributed by atoms with Crippen molar-refractivity contribution in [2.24, 2.45) is 5.73 Å². The first-order chi connectivity index (χ1) is 7.32. The summed E-state index contributed by atoms with van der Waals surface area (Å²) in [6.45, 7) is 0. The van der Waals surface area contributed by atoms with Crippen molar-refractivity contribution in [1.29, 1.82) is 0 Å². The first-order valence-corrected chi connectivity index (χ1v) is 6.26. The number of primary amides is 1. The molecule has 0 bridgehead atoms. The van der Waals surface area contributed by atoms with Gasteiger partial charge in [0.2, 0.25) is 5.91 Å². The van der Waals surface area contributed by atoms with E-state index < -0.39 is 15.7 Å². The molecule has 87 valence electrons. The Hall–Kier alpha value is -1.63. The van der Waals surface area contributed by atoms with Crippen LogP contribution in [0.4, 0.5) is 5.82 Å². The van der Waals surface area contributed by atoms with Gasteiger partial charge in [0.15, 0.2) is 14.9 Å². The van der Waals surface area contributed by atoms with Gasteiger partial charge in [0, 0.05) is 13.3 Å². The molecule has 6 nitrogen and oxygen atoms in total. The number of nitrogens with one attached hydrogen (secondary N) is 1. The van der Waals surface area contributed by atoms with Gasteiger partial charge >= 0.3 is 0 Å². The Morgan fingerprint density at radius 3 is 2.56 bits per heavy atom. The Balaban J connectivity index is 3.26. The molecule has 1 aromatic heterocycles. The van der Waals surface area contributed by atoms with Crippen LogP contribution in [0.3, 0.4) is 0 Å². The Labute approximate surface area is 93.8 Å². The number of carbonyl (C=O) groups is 1. The number of hydrogen-bond donors (Lipinski definition) is 2. The summed E-state index contributed by atoms with van der Waals surface area (Å²) in [7, 11) is -1.82. The van der Waals surface area contributed by atoms with Gasteiger partial charge in [-0.2, -0.15) is 0 Å². The SMILES string of the molecule is CNc1cc([CH]C(N)=O)cc(S(C)(=O)=O)n1. The van der Waals surface area contributed by atoms with Gasteiger partial charge in [-0.3, -0.25) is 4.79 Å². The highest BCUT2D eigenvalue weighted by Crippen LogP contribution is 2.15. The van der Waals surface area contributed by atoms with Crippen LogP contribution in [-0.4, -0.2) is 32.6 Å². The molecular formula is C9H12N3O3S. The van der Waals surface area contributed by atoms with E-state index in [9.17, 15) is 13.2 Å². The fourth-order valence-corrected chi connectivity index (χ4v) is 1.71. The number of aromatic nitrogens is 1. The lowest BCUT2D eigenvalue weighted by atomic mass is 10.2. The Morgan fingerprint density at radius 2 is 2.12 bits per heavy atom. The van der Waals surface area contributed by atoms with Gasteiger partial charge in [-0.25, -0.2) is 13.4 Å². The second kappa shape index (κ2) is 4.48. The van der Waals surface area contributed by atoms with Crippen LogP contribution in [0.5, 0.6) is 0 Å². The second-order valence-corrected chi connectivity index (χ2v) is 5.16. The third kappa shape index (κ3) is 3.20. The molecule has 0 atom stereocenters. The number of amides is 1. The molecule has 0 saturated carbocycles. The zero-order chi connectivity index (χ0) is 12.3. The van der Waals surface area contributed by atoms with E-state index in [2.05, 4.69) is 10.3 Å². The monoisotopic (exact) mass is 242 g/mol. The second-order valence-electron chi connectivity index (χ2n) is 3.19. The van der Waals surface area contributed by atoms with Crippen molar-refractivity contribution in [3.63, 3.8) is 0 Å². The predicted octanol–water partition coefficient (Wildman–Crippen LogP) is -0.436. The largest absolute Gasteiger partial charge is 0.373 e. The lowest BCUT2D eigenvalue weighted by Crippen LogP contribution is -2.13. The van der Waals surface area contributed by atoms with Gasteiger partial charge in [-0.15, -0.1) is 0 Å². The van der Waals surface area contributed by atoms with Crippen LogP contribution in [0.25, 0.3) is 0 Å². The highest BCUT2D eigenvalue weighted by molar-refractivity contribution is 7.90. The first kappa shape index (κ1) is 12.4. The van der Waals surface area contributed by atoms with Crippen molar-refractivity contribution in [2.45, 2.75) is 5.03 Å². The van der Waals surface area contributed by atoms with Crippen LogP contribution in [0.2, 0.25) is 0 Å². The number of carbonyl (C=O) groups excluding carboxylic acids is 1. The molecule has 1 rings (SSSR count). The zero-order valence-electron chi connectivity index (χ0n) is 8.89. The number of sulfone groups is 1. The van der Waals surface area contributed by atoms with E-state index in [0.29, 0.717) is 11.4 Å². The summed E-state index contributed by atoms with van der Waals surface area (Å²) < 4.78 is 22.6. The lowest BCUT2D eigenvalue weighted by molar-refractivity contribution is -0.114. The highest BCUT2D eigenvalue weighted by Gasteiger charge is 2.12. The van der Waals surface area contributed by atoms with E-state index in [1.54, 1.807) is 7.05 Å². The third-order valence-electron chi connectivity index (χ3n) is 1.77. The molecule has 0 aliphatic carbocycles. The van der Waals surface area contributed by atoms with Crippen molar-refractivity contribution < 1.29 is 13.2 Å². The average Bonchev–Trinajstić information content (AvgIpc) is 2.14. The molecule has 0 saturated heterocycles. The van der Waals surface area contributed by atoms with Crippen LogP contribution in [0.1, 0.15) is 5.56 Å². The van der Waals surface area contributed by atoms with Crippen molar-refractivity contribution >= 4 is 21.6 Å². The summed E-state index contributed by atoms with van der Waals surface area (Å²) in [5, 5.41) is 2.60. The number of nitrogens with zero attached hydrogens (tertiary/aromatic N) is 1. The van der Waals surface area contributed by atoms with Gasteiger partial charge in [-0.1, -0.05) is 0 Å². The molecule has 0 spiro atoms. The molecule has 0 aliphatic rings. The minimum atomic E-state index is -3.42. The summed E-state index contributed by atoms with van der Waals surface area (Å²) in [5.41, 5.74) is 5.39. The number of nitrogens with two attached hydrogens (primary N) is 1. The smallest absolute Gasteiger partial charge is 0.226 e. The van der Waals surface area contributed by atoms with Gasteiger partial charge in [0.25, 0.3) is 0 Å². The first-order valence-electron chi connectivity index (χ1n) is 4.37. The van der Waals surface area contributed by atoms with E-state index in [1.807, 2.05) is 0 Å². The van der Waals surface area contributed by atoms with Gasteiger partial charge in [0.05, 0.1) is 6.42 Å². The van der Waals surface area contributed by atoms with Crippen LogP contribution < -0.4 is 11.1 Å². The molecule has 1 amide bonds. The Bertz CT molecular complexity index is 511. The molecule has 0 aromatic carbocycles. The minimum Gasteiger partial charge on any atom is -0.373 e. The fourth-order valence-electron chi connectivity index (χ4n) is 1.09. The molecular weight excluding hydrogens is 230 g/mol. The topological polar surface area (TPSA) is 102 Å². The van der Waals surface area contributed by atoms with E-state index in [-0.39, 0.29) is 5.03 Å². The molecule has 0 aliphatic heterocycles. The Morgan fingerprint density at radius 1 is 1.50 bits per heavy atom. The maximum absolute atomic E-state index is 11.3. The van der Waals surface area contributed by atoms with E-state index in [4.69, 9.17) is 5.73 Å². The fraction of sp³-hybridized carbons (Fsp3) is 0.222. The van der Waals surface area contributed by atoms with E-state index >= 15 is 0 Å². The maximum Gasteiger partial charge on any atom is 0.226 e. The maximum atomic E-state index is 11.3. The highest BCUT2D eigenvalue weighted by atomic mass is 32.2. The van der Waals surface area contributed by atoms with Crippen LogP contribution in [-0.2, 0) is 14.6 Å². The summed E-state index contributed by atoms with van der Waals surface area (Å²) in [6, 6.07) is 2.82. The normalized spacial score (nSPS) is 11.1. The average molecular weight is 242 g/mol. The zero-order valence-corrected chi connectivity index (χ0v) is 9.71. The molecule has 1 aromatic rings. The van der Waals surface area contributed by atoms with Crippen LogP contribution in [0, 0.1) is 6.42 Å². The molecule has 1 heterocycles. The minimum absolute atomic E-state index is 0.105. The van der Waals surface area contributed by atoms with Crippen molar-refractivity contribution in [1.82, 2.24) is 4.98 Å². The third-order valence-corrected chi connectivity index (χ3v) is 2.74. The van der Waals surface area contributed by atoms with Gasteiger partial charge in [0.1, 0.15) is 5.82 Å². The summed E-state index contributed by atoms with van der Waals surface area (Å²) in [6.07, 6.45) is 2.18. The number of anilines is 1. The quantitative estimate of drug-likeness (QED) is 0.745. The Kier molecular flexibility index (Phi) is 3.48. The summed E-state index contributed by atoms with van der Waals surface area (Å²) in [4.78, 5) is 14.6. The predicted molar refractivity (Wildman–Crippen MR) is 59.5 cm³/mol. The standard InChI is InChI=1S/C9H12N3O3S/c1-11-8-4-6(3-7(10)13)5-9(12-8)16(2,14)15/h3-5H,1-2H3,(H2,10,13)(H,11,12). The van der Waals surface area contributed by atoms with Crippen molar-refractivity contribution in [3.05, 3.63) is 24.1 Å². The van der Waals surface area contributed by atoms with Crippen molar-refractivity contribution in [2.75, 3.05) is 18.6 Å². The number of rotatable bonds is 4. The van der Waals surface area contributed by atoms with Gasteiger partial charge < -0.3 is 11.1 Å². The van der Waals surface area contributed by atoms with Crippen LogP contribution >= 0.6 is 0 Å². The number of hydrogen-bond acceptors (Lipinski definition) is 5. The van der Waals surface area contributed by atoms with E-state index in [0.717, 1.165) is 12.7 Å². The van der Waals surface area contributed by atoms with Crippen molar-refractivity contribution in [3.8, 4) is 0 Å². The molecule has 7 heteroatoms. The molecule has 1 radical (unpaired) electrons. The lowest BCUT2D eigenvalue weighted by Gasteiger charge is -2.05. The van der Waals surface area contributed by atoms with Crippen LogP contribution in [0.15, 0.2) is 17.2 Å². The molecule has 3 N–H and O–H groups in total. The summed E-state index contributed by atoms with van der Waals surface area (Å²) in [5.74, 6) is -0.289. The molecule has 0 unspecified atom stereocenters. The van der Waals surface area contributed by atoms with Gasteiger partial charge in [-0.05, 0) is 17.7 Å². The summed E-state index contributed by atoms with van der Waals surface area (Å²) >= 11 is 0. The van der Waals surface area contributed by atoms with E-state index in [1.165, 1.54) is 12.1 Å². The molecule has 0 fully saturated rings.